The summed E-state index contributed by atoms with van der Waals surface area (Å²) in [5.74, 6) is 0.969. The number of hydrogen-bond acceptors (Lipinski definition) is 2. The largest absolute Gasteiger partial charge is 0.315 e. The molecule has 2 fully saturated rings. The van der Waals surface area contributed by atoms with Crippen LogP contribution in [0.25, 0.3) is 0 Å². The molecule has 3 unspecified atom stereocenters. The molecule has 0 spiro atoms. The molecule has 1 aliphatic heterocycles. The van der Waals surface area contributed by atoms with Gasteiger partial charge in [-0.15, -0.1) is 0 Å². The molecule has 0 radical (unpaired) electrons. The van der Waals surface area contributed by atoms with E-state index in [-0.39, 0.29) is 0 Å². The molecule has 1 N–H and O–H groups in total. The second kappa shape index (κ2) is 6.73. The zero-order chi connectivity index (χ0) is 13.8. The average molecular weight is 272 g/mol. The number of fused-ring (bicyclic) bond motifs is 1. The van der Waals surface area contributed by atoms with Gasteiger partial charge in [0.2, 0.25) is 0 Å². The third kappa shape index (κ3) is 2.91. The Labute approximate surface area is 123 Å². The highest BCUT2D eigenvalue weighted by Gasteiger charge is 2.38. The van der Waals surface area contributed by atoms with Crippen LogP contribution in [0.3, 0.4) is 0 Å². The minimum Gasteiger partial charge on any atom is -0.315 e. The Kier molecular flexibility index (Phi) is 4.74. The molecule has 2 nitrogen and oxygen atoms in total. The molecule has 1 aromatic rings. The number of piperidine rings is 1. The van der Waals surface area contributed by atoms with Crippen molar-refractivity contribution in [3.05, 3.63) is 35.9 Å². The number of nitrogens with one attached hydrogen (secondary N) is 1. The van der Waals surface area contributed by atoms with E-state index in [9.17, 15) is 0 Å². The lowest BCUT2D eigenvalue weighted by molar-refractivity contribution is 0.0665. The average Bonchev–Trinajstić information content (AvgIpc) is 2.98. The fourth-order valence-electron chi connectivity index (χ4n) is 4.26. The van der Waals surface area contributed by atoms with Crippen molar-refractivity contribution in [3.8, 4) is 0 Å². The first-order valence-corrected chi connectivity index (χ1v) is 8.41. The van der Waals surface area contributed by atoms with Crippen LogP contribution in [0.15, 0.2) is 30.3 Å². The van der Waals surface area contributed by atoms with Gasteiger partial charge in [-0.05, 0) is 50.3 Å². The molecule has 2 heteroatoms. The van der Waals surface area contributed by atoms with Crippen molar-refractivity contribution in [1.29, 1.82) is 0 Å². The minimum absolute atomic E-state index is 0.557. The quantitative estimate of drug-likeness (QED) is 0.881. The van der Waals surface area contributed by atoms with Gasteiger partial charge in [0.25, 0.3) is 0 Å². The molecule has 1 saturated carbocycles. The Balaban J connectivity index is 1.80. The second-order valence-electron chi connectivity index (χ2n) is 6.37. The van der Waals surface area contributed by atoms with Gasteiger partial charge in [0.15, 0.2) is 0 Å². The molecule has 3 atom stereocenters. The first-order chi connectivity index (χ1) is 9.90. The van der Waals surface area contributed by atoms with Crippen molar-refractivity contribution in [3.63, 3.8) is 0 Å². The van der Waals surface area contributed by atoms with Gasteiger partial charge in [-0.25, -0.2) is 0 Å². The van der Waals surface area contributed by atoms with Crippen molar-refractivity contribution in [2.75, 3.05) is 19.6 Å². The Hall–Kier alpha value is -0.860. The maximum absolute atomic E-state index is 3.58. The Morgan fingerprint density at radius 2 is 1.95 bits per heavy atom. The van der Waals surface area contributed by atoms with Crippen molar-refractivity contribution in [2.45, 2.75) is 51.1 Å². The Morgan fingerprint density at radius 1 is 1.15 bits per heavy atom. The smallest absolute Gasteiger partial charge is 0.0475 e. The van der Waals surface area contributed by atoms with Crippen LogP contribution >= 0.6 is 0 Å². The number of hydrogen-bond donors (Lipinski definition) is 1. The lowest BCUT2D eigenvalue weighted by Crippen LogP contribution is -2.47. The molecule has 1 aliphatic carbocycles. The molecule has 0 bridgehead atoms. The van der Waals surface area contributed by atoms with E-state index in [1.807, 2.05) is 0 Å². The molecule has 20 heavy (non-hydrogen) atoms. The molecular formula is C18H28N2. The molecule has 3 rings (SSSR count). The number of rotatable bonds is 5. The van der Waals surface area contributed by atoms with Crippen LogP contribution in [-0.4, -0.2) is 30.6 Å². The zero-order valence-electron chi connectivity index (χ0n) is 12.7. The lowest BCUT2D eigenvalue weighted by Gasteiger charge is -2.43. The summed E-state index contributed by atoms with van der Waals surface area (Å²) in [6.07, 6.45) is 7.17. The highest BCUT2D eigenvalue weighted by atomic mass is 15.2. The minimum atomic E-state index is 0.557. The van der Waals surface area contributed by atoms with E-state index >= 15 is 0 Å². The summed E-state index contributed by atoms with van der Waals surface area (Å²) < 4.78 is 0. The maximum Gasteiger partial charge on any atom is 0.0475 e. The molecule has 2 aliphatic rings. The SMILES string of the molecule is CCNCC(c1ccccc1)N1CCCC2CCCC21. The van der Waals surface area contributed by atoms with Crippen LogP contribution in [0.2, 0.25) is 0 Å². The van der Waals surface area contributed by atoms with Crippen molar-refractivity contribution in [2.24, 2.45) is 5.92 Å². The summed E-state index contributed by atoms with van der Waals surface area (Å²) in [5, 5.41) is 3.58. The molecular weight excluding hydrogens is 244 g/mol. The molecule has 110 valence electrons. The standard InChI is InChI=1S/C18H28N2/c1-2-19-14-18(16-8-4-3-5-9-16)20-13-7-11-15-10-6-12-17(15)20/h3-5,8-9,15,17-19H,2,6-7,10-14H2,1H3. The van der Waals surface area contributed by atoms with Gasteiger partial charge >= 0.3 is 0 Å². The van der Waals surface area contributed by atoms with Gasteiger partial charge in [-0.2, -0.15) is 0 Å². The summed E-state index contributed by atoms with van der Waals surface area (Å²) >= 11 is 0. The summed E-state index contributed by atoms with van der Waals surface area (Å²) in [7, 11) is 0. The van der Waals surface area contributed by atoms with Gasteiger partial charge < -0.3 is 5.32 Å². The van der Waals surface area contributed by atoms with E-state index in [0.29, 0.717) is 6.04 Å². The number of likely N-dealkylation sites (N-methyl/N-ethyl adjacent to an activating group) is 1. The summed E-state index contributed by atoms with van der Waals surface area (Å²) in [6, 6.07) is 12.5. The summed E-state index contributed by atoms with van der Waals surface area (Å²) in [6.45, 7) is 5.64. The zero-order valence-corrected chi connectivity index (χ0v) is 12.7. The van der Waals surface area contributed by atoms with Crippen molar-refractivity contribution < 1.29 is 0 Å². The van der Waals surface area contributed by atoms with E-state index in [2.05, 4.69) is 47.5 Å². The van der Waals surface area contributed by atoms with Crippen LogP contribution in [0.5, 0.6) is 0 Å². The molecule has 1 heterocycles. The summed E-state index contributed by atoms with van der Waals surface area (Å²) in [4.78, 5) is 2.82. The molecule has 1 aromatic carbocycles. The summed E-state index contributed by atoms with van der Waals surface area (Å²) in [5.41, 5.74) is 1.49. The lowest BCUT2D eigenvalue weighted by atomic mass is 9.89. The first kappa shape index (κ1) is 14.1. The van der Waals surface area contributed by atoms with Gasteiger partial charge in [-0.3, -0.25) is 4.90 Å². The highest BCUT2D eigenvalue weighted by Crippen LogP contribution is 2.40. The highest BCUT2D eigenvalue weighted by molar-refractivity contribution is 5.20. The predicted octanol–water partition coefficient (Wildman–Crippen LogP) is 3.60. The van der Waals surface area contributed by atoms with E-state index in [4.69, 9.17) is 0 Å². The molecule has 0 aromatic heterocycles. The van der Waals surface area contributed by atoms with Crippen LogP contribution < -0.4 is 5.32 Å². The topological polar surface area (TPSA) is 15.3 Å². The van der Waals surface area contributed by atoms with Crippen LogP contribution in [-0.2, 0) is 0 Å². The molecule has 1 saturated heterocycles. The van der Waals surface area contributed by atoms with Crippen LogP contribution in [0.4, 0.5) is 0 Å². The fourth-order valence-corrected chi connectivity index (χ4v) is 4.26. The predicted molar refractivity (Wildman–Crippen MR) is 84.8 cm³/mol. The fraction of sp³-hybridized carbons (Fsp3) is 0.667. The number of benzene rings is 1. The normalized spacial score (nSPS) is 28.2. The van der Waals surface area contributed by atoms with Crippen LogP contribution in [0, 0.1) is 5.92 Å². The first-order valence-electron chi connectivity index (χ1n) is 8.41. The maximum atomic E-state index is 3.58. The van der Waals surface area contributed by atoms with Gasteiger partial charge in [0, 0.05) is 18.6 Å². The van der Waals surface area contributed by atoms with Crippen molar-refractivity contribution >= 4 is 0 Å². The van der Waals surface area contributed by atoms with E-state index in [0.717, 1.165) is 25.0 Å². The van der Waals surface area contributed by atoms with Gasteiger partial charge in [0.1, 0.15) is 0 Å². The third-order valence-corrected chi connectivity index (χ3v) is 5.21. The van der Waals surface area contributed by atoms with Gasteiger partial charge in [0.05, 0.1) is 0 Å². The van der Waals surface area contributed by atoms with E-state index in [1.54, 1.807) is 0 Å². The van der Waals surface area contributed by atoms with E-state index in [1.165, 1.54) is 44.2 Å². The number of likely N-dealkylation sites (tertiary alicyclic amines) is 1. The van der Waals surface area contributed by atoms with Gasteiger partial charge in [-0.1, -0.05) is 43.7 Å². The number of nitrogens with zero attached hydrogens (tertiary/aromatic N) is 1. The van der Waals surface area contributed by atoms with Crippen LogP contribution in [0.1, 0.15) is 50.6 Å². The second-order valence-corrected chi connectivity index (χ2v) is 6.37. The van der Waals surface area contributed by atoms with E-state index < -0.39 is 0 Å². The monoisotopic (exact) mass is 272 g/mol. The van der Waals surface area contributed by atoms with Crippen molar-refractivity contribution in [1.82, 2.24) is 10.2 Å². The Bertz CT molecular complexity index is 403. The molecule has 0 amide bonds. The third-order valence-electron chi connectivity index (χ3n) is 5.21. The Morgan fingerprint density at radius 3 is 2.75 bits per heavy atom.